The van der Waals surface area contributed by atoms with Gasteiger partial charge >= 0.3 is 5.97 Å². The van der Waals surface area contributed by atoms with Crippen LogP contribution in [-0.4, -0.2) is 36.6 Å². The Bertz CT molecular complexity index is 1860. The molecule has 0 unspecified atom stereocenters. The number of carbonyl (C=O) groups is 4. The lowest BCUT2D eigenvalue weighted by Crippen LogP contribution is -2.30. The molecule has 12 heteroatoms. The molecule has 0 bridgehead atoms. The molecule has 5 rings (SSSR count). The van der Waals surface area contributed by atoms with E-state index in [-0.39, 0.29) is 17.4 Å². The number of amides is 3. The molecule has 0 atom stereocenters. The van der Waals surface area contributed by atoms with Crippen molar-refractivity contribution in [3.63, 3.8) is 0 Å². The topological polar surface area (TPSA) is 114 Å². The van der Waals surface area contributed by atoms with Crippen LogP contribution in [0, 0.1) is 0 Å². The van der Waals surface area contributed by atoms with E-state index in [0.29, 0.717) is 37.4 Å². The van der Waals surface area contributed by atoms with Crippen LogP contribution in [0.1, 0.15) is 62.4 Å². The summed E-state index contributed by atoms with van der Waals surface area (Å²) in [6, 6.07) is 20.4. The second kappa shape index (κ2) is 16.8. The van der Waals surface area contributed by atoms with Crippen LogP contribution in [-0.2, 0) is 27.2 Å². The van der Waals surface area contributed by atoms with Crippen LogP contribution in [0.5, 0.6) is 0 Å². The third-order valence-electron chi connectivity index (χ3n) is 7.57. The fourth-order valence-corrected chi connectivity index (χ4v) is 7.73. The minimum Gasteiger partial charge on any atom is -0.465 e. The van der Waals surface area contributed by atoms with Crippen LogP contribution in [0.4, 0.5) is 10.7 Å². The Kier molecular flexibility index (Phi) is 12.4. The fraction of sp³-hybridized carbons (Fsp3) is 0.222. The Labute approximate surface area is 297 Å². The van der Waals surface area contributed by atoms with Gasteiger partial charge in [-0.1, -0.05) is 66.4 Å². The molecule has 0 radical (unpaired) electrons. The molecular weight excluding hydrogens is 689 g/mol. The smallest absolute Gasteiger partial charge is 0.341 e. The van der Waals surface area contributed by atoms with Gasteiger partial charge < -0.3 is 20.7 Å². The summed E-state index contributed by atoms with van der Waals surface area (Å²) in [5, 5.41) is 9.73. The van der Waals surface area contributed by atoms with Crippen molar-refractivity contribution >= 4 is 86.8 Å². The van der Waals surface area contributed by atoms with E-state index < -0.39 is 17.8 Å². The number of benzene rings is 3. The molecule has 0 saturated carbocycles. The third-order valence-corrected chi connectivity index (χ3v) is 10.3. The molecule has 48 heavy (non-hydrogen) atoms. The van der Waals surface area contributed by atoms with Gasteiger partial charge in [-0.15, -0.1) is 23.1 Å². The normalized spacial score (nSPS) is 13.0. The van der Waals surface area contributed by atoms with Crippen LogP contribution < -0.4 is 16.0 Å². The van der Waals surface area contributed by atoms with E-state index in [2.05, 4.69) is 16.0 Å². The summed E-state index contributed by atoms with van der Waals surface area (Å²) in [6.07, 6.45) is 7.47. The molecule has 1 aromatic heterocycles. The van der Waals surface area contributed by atoms with Crippen molar-refractivity contribution in [1.29, 1.82) is 0 Å². The van der Waals surface area contributed by atoms with E-state index in [1.165, 1.54) is 36.3 Å². The Hall–Kier alpha value is -4.09. The number of rotatable bonds is 10. The Morgan fingerprint density at radius 3 is 2.42 bits per heavy atom. The lowest BCUT2D eigenvalue weighted by atomic mass is 9.96. The number of nitrogens with one attached hydrogen (secondary N) is 3. The molecule has 1 aliphatic carbocycles. The summed E-state index contributed by atoms with van der Waals surface area (Å²) in [7, 11) is 1.35. The highest BCUT2D eigenvalue weighted by Crippen LogP contribution is 2.38. The molecule has 0 aliphatic heterocycles. The van der Waals surface area contributed by atoms with Crippen molar-refractivity contribution in [2.24, 2.45) is 0 Å². The van der Waals surface area contributed by atoms with Crippen LogP contribution in [0.3, 0.4) is 0 Å². The molecule has 0 saturated heterocycles. The highest BCUT2D eigenvalue weighted by Gasteiger charge is 2.26. The Morgan fingerprint density at radius 1 is 0.896 bits per heavy atom. The summed E-state index contributed by atoms with van der Waals surface area (Å²) in [4.78, 5) is 54.2. The maximum Gasteiger partial charge on any atom is 0.341 e. The minimum atomic E-state index is -0.575. The fourth-order valence-electron chi connectivity index (χ4n) is 5.22. The summed E-state index contributed by atoms with van der Waals surface area (Å²) in [6.45, 7) is 0. The number of hydrogen-bond acceptors (Lipinski definition) is 7. The number of ether oxygens (including phenoxy) is 1. The lowest BCUT2D eigenvalue weighted by molar-refractivity contribution is -0.114. The zero-order valence-electron chi connectivity index (χ0n) is 26.1. The van der Waals surface area contributed by atoms with Gasteiger partial charge in [0.2, 0.25) is 5.91 Å². The number of anilines is 2. The quantitative estimate of drug-likeness (QED) is 0.0859. The van der Waals surface area contributed by atoms with Gasteiger partial charge in [0.15, 0.2) is 0 Å². The number of fused-ring (bicyclic) bond motifs is 1. The van der Waals surface area contributed by atoms with Crippen molar-refractivity contribution in [1.82, 2.24) is 5.32 Å². The first-order chi connectivity index (χ1) is 23.2. The second-order valence-corrected chi connectivity index (χ2v) is 14.0. The minimum absolute atomic E-state index is 0.0306. The van der Waals surface area contributed by atoms with Gasteiger partial charge in [-0.05, 0) is 85.4 Å². The lowest BCUT2D eigenvalue weighted by Gasteiger charge is -2.13. The molecule has 3 aromatic carbocycles. The number of methoxy groups -OCH3 is 1. The van der Waals surface area contributed by atoms with E-state index in [1.54, 1.807) is 66.7 Å². The molecule has 4 aromatic rings. The van der Waals surface area contributed by atoms with Crippen molar-refractivity contribution in [3.05, 3.63) is 116 Å². The molecule has 0 fully saturated rings. The van der Waals surface area contributed by atoms with E-state index >= 15 is 0 Å². The summed E-state index contributed by atoms with van der Waals surface area (Å²) >= 11 is 15.1. The predicted molar refractivity (Wildman–Crippen MR) is 194 cm³/mol. The molecule has 0 spiro atoms. The van der Waals surface area contributed by atoms with Gasteiger partial charge in [-0.2, -0.15) is 0 Å². The van der Waals surface area contributed by atoms with Crippen LogP contribution in [0.2, 0.25) is 10.0 Å². The first-order valence-electron chi connectivity index (χ1n) is 15.3. The van der Waals surface area contributed by atoms with E-state index in [1.807, 2.05) is 6.07 Å². The maximum absolute atomic E-state index is 13.5. The summed E-state index contributed by atoms with van der Waals surface area (Å²) in [5.41, 5.74) is 2.75. The van der Waals surface area contributed by atoms with Gasteiger partial charge in [-0.25, -0.2) is 4.79 Å². The first kappa shape index (κ1) is 35.2. The van der Waals surface area contributed by atoms with Gasteiger partial charge in [0.05, 0.1) is 18.4 Å². The zero-order valence-corrected chi connectivity index (χ0v) is 29.2. The number of aryl methyl sites for hydroxylation is 1. The SMILES string of the molecule is COC(=O)c1c(NC(=O)CSc2cccc(NC(=O)/C(=C\c3ccc(Cl)cc3Cl)NC(=O)c3ccccc3)c2)sc2c1CCCCCC2. The molecule has 248 valence electrons. The van der Waals surface area contributed by atoms with Gasteiger partial charge in [0, 0.05) is 31.1 Å². The van der Waals surface area contributed by atoms with Gasteiger partial charge in [-0.3, -0.25) is 14.4 Å². The average molecular weight is 723 g/mol. The number of esters is 1. The zero-order chi connectivity index (χ0) is 34.0. The Balaban J connectivity index is 1.28. The number of carbonyl (C=O) groups excluding carboxylic acids is 4. The highest BCUT2D eigenvalue weighted by molar-refractivity contribution is 8.00. The van der Waals surface area contributed by atoms with Crippen LogP contribution in [0.25, 0.3) is 6.08 Å². The monoisotopic (exact) mass is 721 g/mol. The Morgan fingerprint density at radius 2 is 1.67 bits per heavy atom. The number of thioether (sulfide) groups is 1. The van der Waals surface area contributed by atoms with Crippen LogP contribution >= 0.6 is 46.3 Å². The predicted octanol–water partition coefficient (Wildman–Crippen LogP) is 8.64. The molecule has 1 heterocycles. The number of thiophene rings is 1. The molecule has 8 nitrogen and oxygen atoms in total. The van der Waals surface area contributed by atoms with E-state index in [0.717, 1.165) is 53.9 Å². The first-order valence-corrected chi connectivity index (χ1v) is 17.9. The molecule has 3 amide bonds. The molecule has 1 aliphatic rings. The van der Waals surface area contributed by atoms with E-state index in [9.17, 15) is 19.2 Å². The summed E-state index contributed by atoms with van der Waals surface area (Å²) < 4.78 is 5.07. The molecule has 3 N–H and O–H groups in total. The van der Waals surface area contributed by atoms with Crippen molar-refractivity contribution in [3.8, 4) is 0 Å². The standard InChI is InChI=1S/C36H33Cl2N3O5S2/c1-46-36(45)32-27-14-7-2-3-8-15-30(27)48-35(32)41-31(42)21-47-26-13-9-12-25(20-26)39-34(44)29(18-23-16-17-24(37)19-28(23)38)40-33(43)22-10-5-4-6-11-22/h4-6,9-13,16-20H,2-3,7-8,14-15,21H2,1H3,(H,39,44)(H,40,43)(H,41,42)/b29-18+. The average Bonchev–Trinajstić information content (AvgIpc) is 3.39. The van der Waals surface area contributed by atoms with Gasteiger partial charge in [0.1, 0.15) is 10.7 Å². The third kappa shape index (κ3) is 9.29. The number of halogens is 2. The number of hydrogen-bond donors (Lipinski definition) is 3. The largest absolute Gasteiger partial charge is 0.465 e. The van der Waals surface area contributed by atoms with Crippen molar-refractivity contribution in [2.45, 2.75) is 43.4 Å². The highest BCUT2D eigenvalue weighted by atomic mass is 35.5. The van der Waals surface area contributed by atoms with Gasteiger partial charge in [0.25, 0.3) is 11.8 Å². The van der Waals surface area contributed by atoms with Crippen molar-refractivity contribution in [2.75, 3.05) is 23.5 Å². The van der Waals surface area contributed by atoms with E-state index in [4.69, 9.17) is 27.9 Å². The second-order valence-electron chi connectivity index (χ2n) is 11.0. The maximum atomic E-state index is 13.5. The molecular formula is C36H33Cl2N3O5S2. The summed E-state index contributed by atoms with van der Waals surface area (Å²) in [5.74, 6) is -1.67. The van der Waals surface area contributed by atoms with Crippen molar-refractivity contribution < 1.29 is 23.9 Å². The van der Waals surface area contributed by atoms with Crippen LogP contribution in [0.15, 0.2) is 83.4 Å².